The Morgan fingerprint density at radius 3 is 2.48 bits per heavy atom. The van der Waals surface area contributed by atoms with Crippen molar-refractivity contribution in [3.63, 3.8) is 0 Å². The van der Waals surface area contributed by atoms with Crippen molar-refractivity contribution in [3.8, 4) is 5.75 Å². The van der Waals surface area contributed by atoms with Gasteiger partial charge in [0.05, 0.1) is 7.11 Å². The highest BCUT2D eigenvalue weighted by molar-refractivity contribution is 6.30. The Hall–Kier alpha value is -2.31. The van der Waals surface area contributed by atoms with Crippen molar-refractivity contribution in [3.05, 3.63) is 63.2 Å². The third-order valence-electron chi connectivity index (χ3n) is 4.21. The second-order valence-electron chi connectivity index (χ2n) is 5.87. The van der Waals surface area contributed by atoms with Gasteiger partial charge in [-0.2, -0.15) is 0 Å². The molecule has 0 atom stereocenters. The molecule has 2 heterocycles. The van der Waals surface area contributed by atoms with Crippen LogP contribution in [0, 0.1) is 0 Å². The van der Waals surface area contributed by atoms with Gasteiger partial charge in [-0.3, -0.25) is 14.5 Å². The number of rotatable bonds is 4. The third-order valence-corrected chi connectivity index (χ3v) is 4.46. The van der Waals surface area contributed by atoms with Crippen molar-refractivity contribution in [1.82, 2.24) is 9.80 Å². The van der Waals surface area contributed by atoms with E-state index in [1.807, 2.05) is 24.3 Å². The molecule has 7 heteroatoms. The zero-order valence-electron chi connectivity index (χ0n) is 13.9. The summed E-state index contributed by atoms with van der Waals surface area (Å²) < 4.78 is 10.1. The molecular formula is C18H19ClN2O4. The van der Waals surface area contributed by atoms with Crippen LogP contribution in [-0.2, 0) is 6.54 Å². The fraction of sp³-hybridized carbons (Fsp3) is 0.333. The number of piperazine rings is 1. The Bertz CT molecular complexity index is 795. The first kappa shape index (κ1) is 17.5. The second-order valence-corrected chi connectivity index (χ2v) is 6.31. The number of carbonyl (C=O) groups is 1. The first-order chi connectivity index (χ1) is 12.1. The van der Waals surface area contributed by atoms with Gasteiger partial charge >= 0.3 is 0 Å². The molecule has 1 aliphatic heterocycles. The first-order valence-electron chi connectivity index (χ1n) is 8.00. The molecule has 1 aromatic carbocycles. The number of halogens is 1. The van der Waals surface area contributed by atoms with Crippen LogP contribution < -0.4 is 10.2 Å². The van der Waals surface area contributed by atoms with Crippen molar-refractivity contribution in [2.75, 3.05) is 33.3 Å². The minimum atomic E-state index is -0.363. The van der Waals surface area contributed by atoms with E-state index in [-0.39, 0.29) is 22.8 Å². The molecule has 0 saturated carbocycles. The maximum absolute atomic E-state index is 12.5. The van der Waals surface area contributed by atoms with Crippen LogP contribution in [0.15, 0.2) is 45.8 Å². The first-order valence-corrected chi connectivity index (χ1v) is 8.37. The Kier molecular flexibility index (Phi) is 5.40. The average Bonchev–Trinajstić information content (AvgIpc) is 2.63. The lowest BCUT2D eigenvalue weighted by molar-refractivity contribution is 0.0594. The largest absolute Gasteiger partial charge is 0.490 e. The van der Waals surface area contributed by atoms with Crippen LogP contribution in [0.2, 0.25) is 5.02 Å². The Morgan fingerprint density at radius 2 is 1.88 bits per heavy atom. The molecule has 0 unspecified atom stereocenters. The maximum atomic E-state index is 12.5. The molecule has 3 rings (SSSR count). The topological polar surface area (TPSA) is 63.0 Å². The van der Waals surface area contributed by atoms with Crippen LogP contribution in [0.3, 0.4) is 0 Å². The highest BCUT2D eigenvalue weighted by Crippen LogP contribution is 2.14. The number of benzene rings is 1. The molecule has 0 radical (unpaired) electrons. The summed E-state index contributed by atoms with van der Waals surface area (Å²) in [5.41, 5.74) is 0.823. The highest BCUT2D eigenvalue weighted by atomic mass is 35.5. The van der Waals surface area contributed by atoms with Crippen LogP contribution in [0.4, 0.5) is 0 Å². The normalized spacial score (nSPS) is 15.2. The lowest BCUT2D eigenvalue weighted by Gasteiger charge is -2.34. The second kappa shape index (κ2) is 7.72. The van der Waals surface area contributed by atoms with Crippen LogP contribution in [0.1, 0.15) is 16.1 Å². The number of carbonyl (C=O) groups excluding carboxylic acids is 1. The van der Waals surface area contributed by atoms with E-state index < -0.39 is 0 Å². The van der Waals surface area contributed by atoms with Crippen molar-refractivity contribution in [1.29, 1.82) is 0 Å². The number of ether oxygens (including phenoxy) is 1. The van der Waals surface area contributed by atoms with E-state index in [0.717, 1.165) is 24.7 Å². The predicted octanol–water partition coefficient (Wildman–Crippen LogP) is 2.26. The number of methoxy groups -OCH3 is 1. The summed E-state index contributed by atoms with van der Waals surface area (Å²) in [5.74, 6) is -0.146. The molecule has 0 bridgehead atoms. The van der Waals surface area contributed by atoms with Gasteiger partial charge in [0.15, 0.2) is 5.76 Å². The van der Waals surface area contributed by atoms with E-state index in [4.69, 9.17) is 20.8 Å². The number of hydrogen-bond donors (Lipinski definition) is 0. The molecule has 1 aliphatic rings. The molecule has 0 aliphatic carbocycles. The standard InChI is InChI=1S/C18H19ClN2O4/c1-24-17-12-25-16(10-15(17)22)18(23)21-8-6-20(7-9-21)11-13-2-4-14(19)5-3-13/h2-5,10,12H,6-9,11H2,1H3. The summed E-state index contributed by atoms with van der Waals surface area (Å²) in [7, 11) is 1.38. The van der Waals surface area contributed by atoms with Crippen molar-refractivity contribution in [2.45, 2.75) is 6.54 Å². The zero-order valence-corrected chi connectivity index (χ0v) is 14.7. The summed E-state index contributed by atoms with van der Waals surface area (Å²) in [6, 6.07) is 8.95. The number of nitrogens with zero attached hydrogens (tertiary/aromatic N) is 2. The van der Waals surface area contributed by atoms with Crippen LogP contribution >= 0.6 is 11.6 Å². The lowest BCUT2D eigenvalue weighted by Crippen LogP contribution is -2.48. The van der Waals surface area contributed by atoms with Crippen molar-refractivity contribution < 1.29 is 13.9 Å². The Balaban J connectivity index is 1.58. The van der Waals surface area contributed by atoms with E-state index in [2.05, 4.69) is 4.90 Å². The number of amides is 1. The summed E-state index contributed by atoms with van der Waals surface area (Å²) in [6.07, 6.45) is 1.17. The minimum absolute atomic E-state index is 0.0388. The van der Waals surface area contributed by atoms with Gasteiger partial charge in [-0.1, -0.05) is 23.7 Å². The SMILES string of the molecule is COc1coc(C(=O)N2CCN(Cc3ccc(Cl)cc3)CC2)cc1=O. The molecule has 6 nitrogen and oxygen atoms in total. The quantitative estimate of drug-likeness (QED) is 0.834. The molecule has 0 N–H and O–H groups in total. The molecule has 1 amide bonds. The summed E-state index contributed by atoms with van der Waals surface area (Å²) in [4.78, 5) is 28.2. The molecule has 25 heavy (non-hydrogen) atoms. The van der Waals surface area contributed by atoms with E-state index in [0.29, 0.717) is 13.1 Å². The molecule has 132 valence electrons. The minimum Gasteiger partial charge on any atom is -0.490 e. The zero-order chi connectivity index (χ0) is 17.8. The van der Waals surface area contributed by atoms with Gasteiger partial charge in [-0.25, -0.2) is 0 Å². The van der Waals surface area contributed by atoms with Gasteiger partial charge < -0.3 is 14.1 Å². The number of hydrogen-bond acceptors (Lipinski definition) is 5. The third kappa shape index (κ3) is 4.21. The van der Waals surface area contributed by atoms with Gasteiger partial charge in [0, 0.05) is 43.8 Å². The molecule has 1 aromatic heterocycles. The summed E-state index contributed by atoms with van der Waals surface area (Å²) in [5, 5.41) is 0.722. The molecule has 1 fully saturated rings. The van der Waals surface area contributed by atoms with Gasteiger partial charge in [-0.05, 0) is 17.7 Å². The van der Waals surface area contributed by atoms with E-state index in [1.54, 1.807) is 4.90 Å². The van der Waals surface area contributed by atoms with Crippen molar-refractivity contribution in [2.24, 2.45) is 0 Å². The average molecular weight is 363 g/mol. The lowest BCUT2D eigenvalue weighted by atomic mass is 10.2. The fourth-order valence-corrected chi connectivity index (χ4v) is 2.90. The Morgan fingerprint density at radius 1 is 1.20 bits per heavy atom. The van der Waals surface area contributed by atoms with Crippen LogP contribution in [0.5, 0.6) is 5.75 Å². The van der Waals surface area contributed by atoms with E-state index >= 15 is 0 Å². The predicted molar refractivity (Wildman–Crippen MR) is 94.2 cm³/mol. The molecule has 2 aromatic rings. The van der Waals surface area contributed by atoms with Crippen LogP contribution in [-0.4, -0.2) is 49.0 Å². The molecular weight excluding hydrogens is 344 g/mol. The smallest absolute Gasteiger partial charge is 0.289 e. The van der Waals surface area contributed by atoms with Gasteiger partial charge in [0.1, 0.15) is 6.26 Å². The van der Waals surface area contributed by atoms with Crippen LogP contribution in [0.25, 0.3) is 0 Å². The molecule has 1 saturated heterocycles. The van der Waals surface area contributed by atoms with Gasteiger partial charge in [-0.15, -0.1) is 0 Å². The summed E-state index contributed by atoms with van der Waals surface area (Å²) in [6.45, 7) is 3.50. The fourth-order valence-electron chi connectivity index (χ4n) is 2.77. The maximum Gasteiger partial charge on any atom is 0.289 e. The van der Waals surface area contributed by atoms with Gasteiger partial charge in [0.25, 0.3) is 5.91 Å². The highest BCUT2D eigenvalue weighted by Gasteiger charge is 2.24. The summed E-state index contributed by atoms with van der Waals surface area (Å²) >= 11 is 5.90. The Labute approximate surface area is 150 Å². The monoisotopic (exact) mass is 362 g/mol. The molecule has 0 spiro atoms. The van der Waals surface area contributed by atoms with Crippen molar-refractivity contribution >= 4 is 17.5 Å². The van der Waals surface area contributed by atoms with E-state index in [1.165, 1.54) is 25.0 Å². The van der Waals surface area contributed by atoms with Gasteiger partial charge in [0.2, 0.25) is 11.2 Å². The van der Waals surface area contributed by atoms with E-state index in [9.17, 15) is 9.59 Å².